The zero-order valence-corrected chi connectivity index (χ0v) is 16.2. The van der Waals surface area contributed by atoms with Gasteiger partial charge < -0.3 is 14.6 Å². The summed E-state index contributed by atoms with van der Waals surface area (Å²) in [6.07, 6.45) is 8.99. The highest BCUT2D eigenvalue weighted by Crippen LogP contribution is 2.29. The molecule has 1 aromatic carbocycles. The zero-order valence-electron chi connectivity index (χ0n) is 16.2. The van der Waals surface area contributed by atoms with Gasteiger partial charge in [0.05, 0.1) is 6.54 Å². The minimum Gasteiger partial charge on any atom is -0.486 e. The molecule has 1 aliphatic heterocycles. The number of hydrogen-bond acceptors (Lipinski definition) is 4. The molecule has 1 fully saturated rings. The van der Waals surface area contributed by atoms with Crippen LogP contribution in [0.3, 0.4) is 0 Å². The Balaban J connectivity index is 1.65. The van der Waals surface area contributed by atoms with E-state index in [4.69, 9.17) is 4.74 Å². The molecule has 1 aliphatic carbocycles. The lowest BCUT2D eigenvalue weighted by molar-refractivity contribution is -0.124. The molecule has 7 heteroatoms. The lowest BCUT2D eigenvalue weighted by atomic mass is 9.89. The number of amides is 3. The van der Waals surface area contributed by atoms with Gasteiger partial charge in [-0.1, -0.05) is 24.3 Å². The predicted octanol–water partition coefficient (Wildman–Crippen LogP) is 2.38. The van der Waals surface area contributed by atoms with Gasteiger partial charge in [0.25, 0.3) is 11.5 Å². The highest BCUT2D eigenvalue weighted by molar-refractivity contribution is 6.07. The standard InChI is InChI=1S/C22H23N3O4/c1-15-6-5-13-25(19(15)26)14-22(20(27)23-21(28)24-22)16-9-11-18(12-10-16)29-17-7-3-2-4-8-17/h3,5-7,9-13,17H,2,4,8,14H2,1H3,(H2,23,24,27,28). The number of benzene rings is 1. The number of allylic oxidation sites excluding steroid dienone is 1. The van der Waals surface area contributed by atoms with Crippen LogP contribution in [0.2, 0.25) is 0 Å². The van der Waals surface area contributed by atoms with Crippen molar-refractivity contribution in [2.45, 2.75) is 44.4 Å². The Kier molecular flexibility index (Phi) is 4.96. The molecule has 2 N–H and O–H groups in total. The second-order valence-corrected chi connectivity index (χ2v) is 7.48. The van der Waals surface area contributed by atoms with Crippen LogP contribution in [-0.4, -0.2) is 22.6 Å². The maximum atomic E-state index is 12.8. The maximum Gasteiger partial charge on any atom is 0.322 e. The maximum absolute atomic E-state index is 12.8. The minimum atomic E-state index is -1.36. The van der Waals surface area contributed by atoms with Gasteiger partial charge in [-0.05, 0) is 56.0 Å². The summed E-state index contributed by atoms with van der Waals surface area (Å²) in [6, 6.07) is 9.97. The molecule has 0 spiro atoms. The largest absolute Gasteiger partial charge is 0.486 e. The molecule has 2 aromatic rings. The molecular weight excluding hydrogens is 370 g/mol. The molecule has 1 saturated heterocycles. The lowest BCUT2D eigenvalue weighted by Crippen LogP contribution is -2.49. The molecule has 3 amide bonds. The van der Waals surface area contributed by atoms with E-state index in [9.17, 15) is 14.4 Å². The number of nitrogens with zero attached hydrogens (tertiary/aromatic N) is 1. The Morgan fingerprint density at radius 3 is 2.62 bits per heavy atom. The van der Waals surface area contributed by atoms with Crippen LogP contribution in [0.4, 0.5) is 4.79 Å². The SMILES string of the molecule is Cc1cccn(CC2(c3ccc(OC4C=CCCC4)cc3)NC(=O)NC2=O)c1=O. The molecule has 2 aliphatic rings. The monoisotopic (exact) mass is 393 g/mol. The van der Waals surface area contributed by atoms with Crippen LogP contribution >= 0.6 is 0 Å². The lowest BCUT2D eigenvalue weighted by Gasteiger charge is -2.28. The zero-order chi connectivity index (χ0) is 20.4. The average Bonchev–Trinajstić information content (AvgIpc) is 3.01. The number of urea groups is 1. The van der Waals surface area contributed by atoms with Crippen LogP contribution in [0.15, 0.2) is 59.5 Å². The van der Waals surface area contributed by atoms with Crippen molar-refractivity contribution < 1.29 is 14.3 Å². The van der Waals surface area contributed by atoms with E-state index in [1.807, 2.05) is 0 Å². The van der Waals surface area contributed by atoms with Crippen LogP contribution < -0.4 is 20.9 Å². The summed E-state index contributed by atoms with van der Waals surface area (Å²) < 4.78 is 7.42. The number of aromatic nitrogens is 1. The van der Waals surface area contributed by atoms with Gasteiger partial charge in [-0.25, -0.2) is 4.79 Å². The molecule has 0 saturated carbocycles. The summed E-state index contributed by atoms with van der Waals surface area (Å²) >= 11 is 0. The van der Waals surface area contributed by atoms with E-state index in [1.54, 1.807) is 49.5 Å². The first-order valence-electron chi connectivity index (χ1n) is 9.71. The van der Waals surface area contributed by atoms with Crippen molar-refractivity contribution in [2.75, 3.05) is 0 Å². The van der Waals surface area contributed by atoms with E-state index in [2.05, 4.69) is 22.8 Å². The molecule has 0 bridgehead atoms. The van der Waals surface area contributed by atoms with Gasteiger partial charge in [0.2, 0.25) is 0 Å². The topological polar surface area (TPSA) is 89.4 Å². The summed E-state index contributed by atoms with van der Waals surface area (Å²) in [4.78, 5) is 37.2. The molecule has 0 radical (unpaired) electrons. The van der Waals surface area contributed by atoms with E-state index in [0.29, 0.717) is 16.9 Å². The van der Waals surface area contributed by atoms with E-state index < -0.39 is 17.5 Å². The third-order valence-electron chi connectivity index (χ3n) is 5.40. The van der Waals surface area contributed by atoms with Crippen molar-refractivity contribution in [1.29, 1.82) is 0 Å². The van der Waals surface area contributed by atoms with Crippen LogP contribution in [0, 0.1) is 6.92 Å². The van der Waals surface area contributed by atoms with Gasteiger partial charge in [0, 0.05) is 11.8 Å². The van der Waals surface area contributed by atoms with Crippen LogP contribution in [0.5, 0.6) is 5.75 Å². The Morgan fingerprint density at radius 2 is 1.97 bits per heavy atom. The fourth-order valence-electron chi connectivity index (χ4n) is 3.81. The second-order valence-electron chi connectivity index (χ2n) is 7.48. The second kappa shape index (κ2) is 7.58. The molecule has 29 heavy (non-hydrogen) atoms. The Hall–Kier alpha value is -3.35. The van der Waals surface area contributed by atoms with Gasteiger partial charge in [0.1, 0.15) is 11.9 Å². The van der Waals surface area contributed by atoms with Crippen molar-refractivity contribution in [1.82, 2.24) is 15.2 Å². The normalized spacial score (nSPS) is 23.6. The summed E-state index contributed by atoms with van der Waals surface area (Å²) in [5.74, 6) is 0.206. The van der Waals surface area contributed by atoms with Crippen molar-refractivity contribution in [3.8, 4) is 5.75 Å². The first kappa shape index (κ1) is 19.0. The number of ether oxygens (including phenoxy) is 1. The fraction of sp³-hybridized carbons (Fsp3) is 0.318. The van der Waals surface area contributed by atoms with Crippen LogP contribution in [0.25, 0.3) is 0 Å². The third-order valence-corrected chi connectivity index (χ3v) is 5.40. The van der Waals surface area contributed by atoms with E-state index in [0.717, 1.165) is 19.3 Å². The highest BCUT2D eigenvalue weighted by atomic mass is 16.5. The molecular formula is C22H23N3O4. The first-order chi connectivity index (χ1) is 14.0. The van der Waals surface area contributed by atoms with E-state index in [1.165, 1.54) is 4.57 Å². The molecule has 7 nitrogen and oxygen atoms in total. The number of rotatable bonds is 5. The molecule has 150 valence electrons. The Morgan fingerprint density at radius 1 is 1.17 bits per heavy atom. The molecule has 1 aromatic heterocycles. The van der Waals surface area contributed by atoms with Gasteiger partial charge in [-0.3, -0.25) is 14.9 Å². The number of nitrogens with one attached hydrogen (secondary N) is 2. The minimum absolute atomic E-state index is 0.00332. The molecule has 2 atom stereocenters. The van der Waals surface area contributed by atoms with Gasteiger partial charge >= 0.3 is 6.03 Å². The molecule has 4 rings (SSSR count). The number of carbonyl (C=O) groups excluding carboxylic acids is 2. The van der Waals surface area contributed by atoms with Crippen molar-refractivity contribution in [2.24, 2.45) is 0 Å². The van der Waals surface area contributed by atoms with Gasteiger partial charge in [-0.2, -0.15) is 0 Å². The number of pyridine rings is 1. The number of aryl methyl sites for hydroxylation is 1. The Bertz CT molecular complexity index is 1030. The number of hydrogen-bond donors (Lipinski definition) is 2. The third kappa shape index (κ3) is 3.68. The summed E-state index contributed by atoms with van der Waals surface area (Å²) in [5, 5.41) is 5.01. The quantitative estimate of drug-likeness (QED) is 0.603. The average molecular weight is 393 g/mol. The highest BCUT2D eigenvalue weighted by Gasteiger charge is 2.48. The van der Waals surface area contributed by atoms with E-state index >= 15 is 0 Å². The van der Waals surface area contributed by atoms with E-state index in [-0.39, 0.29) is 18.2 Å². The van der Waals surface area contributed by atoms with Crippen molar-refractivity contribution >= 4 is 11.9 Å². The first-order valence-corrected chi connectivity index (χ1v) is 9.71. The molecule has 2 unspecified atom stereocenters. The van der Waals surface area contributed by atoms with Crippen LogP contribution in [0.1, 0.15) is 30.4 Å². The van der Waals surface area contributed by atoms with Crippen molar-refractivity contribution in [3.63, 3.8) is 0 Å². The van der Waals surface area contributed by atoms with Gasteiger partial charge in [-0.15, -0.1) is 0 Å². The van der Waals surface area contributed by atoms with Crippen molar-refractivity contribution in [3.05, 3.63) is 76.2 Å². The fourth-order valence-corrected chi connectivity index (χ4v) is 3.81. The summed E-state index contributed by atoms with van der Waals surface area (Å²) in [7, 11) is 0. The Labute approximate surface area is 168 Å². The summed E-state index contributed by atoms with van der Waals surface area (Å²) in [5.41, 5.74) is -0.417. The molecule has 2 heterocycles. The summed E-state index contributed by atoms with van der Waals surface area (Å²) in [6.45, 7) is 1.71. The smallest absolute Gasteiger partial charge is 0.322 e. The van der Waals surface area contributed by atoms with Crippen LogP contribution in [-0.2, 0) is 16.9 Å². The predicted molar refractivity (Wildman–Crippen MR) is 108 cm³/mol. The number of carbonyl (C=O) groups is 2. The van der Waals surface area contributed by atoms with Gasteiger partial charge in [0.15, 0.2) is 5.54 Å². The number of imide groups is 1.